The summed E-state index contributed by atoms with van der Waals surface area (Å²) in [4.78, 5) is 4.73. The predicted molar refractivity (Wildman–Crippen MR) is 71.1 cm³/mol. The van der Waals surface area contributed by atoms with E-state index in [-0.39, 0.29) is 0 Å². The molecular formula is C13H22N2S. The monoisotopic (exact) mass is 238 g/mol. The van der Waals surface area contributed by atoms with Gasteiger partial charge in [-0.25, -0.2) is 0 Å². The number of thioether (sulfide) groups is 1. The molecule has 1 heterocycles. The second kappa shape index (κ2) is 4.59. The molecule has 1 aliphatic heterocycles. The molecule has 2 nitrogen and oxygen atoms in total. The van der Waals surface area contributed by atoms with Crippen molar-refractivity contribution in [3.05, 3.63) is 0 Å². The van der Waals surface area contributed by atoms with E-state index >= 15 is 0 Å². The highest BCUT2D eigenvalue weighted by atomic mass is 32.2. The number of nitrogens with one attached hydrogen (secondary N) is 1. The second-order valence-electron chi connectivity index (χ2n) is 5.67. The van der Waals surface area contributed by atoms with Crippen molar-refractivity contribution in [2.75, 3.05) is 12.3 Å². The molecule has 0 atom stereocenters. The summed E-state index contributed by atoms with van der Waals surface area (Å²) in [5.41, 5.74) is 0.444. The summed E-state index contributed by atoms with van der Waals surface area (Å²) < 4.78 is 0. The van der Waals surface area contributed by atoms with Crippen molar-refractivity contribution in [3.8, 4) is 0 Å². The highest BCUT2D eigenvalue weighted by molar-refractivity contribution is 8.14. The molecule has 0 aromatic heterocycles. The lowest BCUT2D eigenvalue weighted by Gasteiger charge is -2.24. The smallest absolute Gasteiger partial charge is 0.157 e. The molecule has 0 aromatic carbocycles. The third kappa shape index (κ3) is 2.24. The standard InChI is InChI=1S/C13H22N2S/c1-2-8-13(7-1)10-16-12(15-13)14-9-6-11-4-3-5-11/h11H,1-10H2,(H,14,15). The van der Waals surface area contributed by atoms with Crippen molar-refractivity contribution in [1.82, 2.24) is 5.32 Å². The maximum atomic E-state index is 4.73. The lowest BCUT2D eigenvalue weighted by Crippen LogP contribution is -2.40. The Morgan fingerprint density at radius 3 is 2.75 bits per heavy atom. The van der Waals surface area contributed by atoms with E-state index in [4.69, 9.17) is 4.99 Å². The van der Waals surface area contributed by atoms with Crippen molar-refractivity contribution in [3.63, 3.8) is 0 Å². The Morgan fingerprint density at radius 2 is 2.06 bits per heavy atom. The van der Waals surface area contributed by atoms with E-state index in [0.717, 1.165) is 12.5 Å². The van der Waals surface area contributed by atoms with Crippen LogP contribution in [0.3, 0.4) is 0 Å². The Balaban J connectivity index is 1.46. The molecule has 3 fully saturated rings. The van der Waals surface area contributed by atoms with Crippen LogP contribution in [0.15, 0.2) is 4.99 Å². The fraction of sp³-hybridized carbons (Fsp3) is 0.923. The molecule has 0 aromatic rings. The number of rotatable bonds is 3. The van der Waals surface area contributed by atoms with Gasteiger partial charge in [-0.05, 0) is 25.2 Å². The molecule has 3 rings (SSSR count). The highest BCUT2D eigenvalue weighted by Crippen LogP contribution is 2.37. The van der Waals surface area contributed by atoms with E-state index in [0.29, 0.717) is 5.54 Å². The fourth-order valence-electron chi connectivity index (χ4n) is 3.04. The largest absolute Gasteiger partial charge is 0.359 e. The third-order valence-electron chi connectivity index (χ3n) is 4.44. The minimum absolute atomic E-state index is 0.444. The molecule has 0 amide bonds. The third-order valence-corrected chi connectivity index (χ3v) is 5.64. The molecule has 1 N–H and O–H groups in total. The molecule has 0 bridgehead atoms. The van der Waals surface area contributed by atoms with Crippen LogP contribution in [0.4, 0.5) is 0 Å². The van der Waals surface area contributed by atoms with Gasteiger partial charge in [0.2, 0.25) is 0 Å². The number of hydrogen-bond acceptors (Lipinski definition) is 2. The number of aliphatic imine (C=N–C) groups is 1. The van der Waals surface area contributed by atoms with E-state index in [1.54, 1.807) is 0 Å². The summed E-state index contributed by atoms with van der Waals surface area (Å²) in [6, 6.07) is 0. The van der Waals surface area contributed by atoms with Crippen LogP contribution in [-0.4, -0.2) is 23.0 Å². The van der Waals surface area contributed by atoms with Crippen molar-refractivity contribution >= 4 is 16.9 Å². The first-order valence-electron chi connectivity index (χ1n) is 6.82. The van der Waals surface area contributed by atoms with Gasteiger partial charge < -0.3 is 5.32 Å². The Hall–Kier alpha value is -0.180. The zero-order valence-electron chi connectivity index (χ0n) is 10.0. The quantitative estimate of drug-likeness (QED) is 0.816. The van der Waals surface area contributed by atoms with Crippen LogP contribution in [-0.2, 0) is 0 Å². The zero-order chi connectivity index (χ0) is 10.8. The predicted octanol–water partition coefficient (Wildman–Crippen LogP) is 3.18. The molecule has 3 heteroatoms. The molecule has 0 unspecified atom stereocenters. The van der Waals surface area contributed by atoms with Crippen molar-refractivity contribution < 1.29 is 0 Å². The van der Waals surface area contributed by atoms with Gasteiger partial charge in [-0.2, -0.15) is 0 Å². The van der Waals surface area contributed by atoms with Crippen LogP contribution >= 0.6 is 11.8 Å². The Bertz CT molecular complexity index is 278. The van der Waals surface area contributed by atoms with Crippen molar-refractivity contribution in [2.24, 2.45) is 10.9 Å². The first kappa shape index (κ1) is 10.9. The summed E-state index contributed by atoms with van der Waals surface area (Å²) >= 11 is 1.95. The maximum Gasteiger partial charge on any atom is 0.157 e. The van der Waals surface area contributed by atoms with Crippen LogP contribution in [0.2, 0.25) is 0 Å². The number of nitrogens with zero attached hydrogens (tertiary/aromatic N) is 1. The van der Waals surface area contributed by atoms with E-state index in [1.807, 2.05) is 11.8 Å². The van der Waals surface area contributed by atoms with Gasteiger partial charge in [-0.1, -0.05) is 43.9 Å². The van der Waals surface area contributed by atoms with Gasteiger partial charge in [0.25, 0.3) is 0 Å². The molecular weight excluding hydrogens is 216 g/mol. The van der Waals surface area contributed by atoms with Crippen LogP contribution < -0.4 is 5.32 Å². The highest BCUT2D eigenvalue weighted by Gasteiger charge is 2.39. The zero-order valence-corrected chi connectivity index (χ0v) is 10.8. The van der Waals surface area contributed by atoms with Crippen LogP contribution in [0.25, 0.3) is 0 Å². The maximum absolute atomic E-state index is 4.73. The Kier molecular flexibility index (Phi) is 3.14. The summed E-state index contributed by atoms with van der Waals surface area (Å²) in [5, 5.41) is 4.93. The normalized spacial score (nSPS) is 30.9. The molecule has 1 spiro atoms. The van der Waals surface area contributed by atoms with Crippen LogP contribution in [0, 0.1) is 5.92 Å². The summed E-state index contributed by atoms with van der Waals surface area (Å²) in [6.45, 7) is 1.05. The van der Waals surface area contributed by atoms with Crippen LogP contribution in [0.5, 0.6) is 0 Å². The van der Waals surface area contributed by atoms with Gasteiger partial charge in [-0.3, -0.25) is 4.99 Å². The summed E-state index contributed by atoms with van der Waals surface area (Å²) in [6.07, 6.45) is 11.2. The molecule has 90 valence electrons. The van der Waals surface area contributed by atoms with E-state index < -0.39 is 0 Å². The molecule has 0 radical (unpaired) electrons. The Labute approximate surface area is 103 Å². The average Bonchev–Trinajstić information content (AvgIpc) is 2.82. The van der Waals surface area contributed by atoms with Crippen LogP contribution in [0.1, 0.15) is 51.4 Å². The van der Waals surface area contributed by atoms with Crippen molar-refractivity contribution in [1.29, 1.82) is 0 Å². The average molecular weight is 238 g/mol. The van der Waals surface area contributed by atoms with Gasteiger partial charge in [0.05, 0.1) is 0 Å². The molecule has 3 aliphatic rings. The van der Waals surface area contributed by atoms with E-state index in [1.165, 1.54) is 62.3 Å². The first-order chi connectivity index (χ1) is 7.86. The molecule has 2 saturated carbocycles. The number of amidine groups is 1. The number of hydrogen-bond donors (Lipinski definition) is 1. The summed E-state index contributed by atoms with van der Waals surface area (Å²) in [7, 11) is 0. The molecule has 2 aliphatic carbocycles. The van der Waals surface area contributed by atoms with Gasteiger partial charge in [0.1, 0.15) is 0 Å². The minimum atomic E-state index is 0.444. The second-order valence-corrected chi connectivity index (χ2v) is 6.64. The van der Waals surface area contributed by atoms with Gasteiger partial charge in [0.15, 0.2) is 5.17 Å². The van der Waals surface area contributed by atoms with Gasteiger partial charge >= 0.3 is 0 Å². The minimum Gasteiger partial charge on any atom is -0.359 e. The van der Waals surface area contributed by atoms with Gasteiger partial charge in [0, 0.05) is 17.8 Å². The lowest BCUT2D eigenvalue weighted by atomic mass is 9.83. The fourth-order valence-corrected chi connectivity index (χ4v) is 4.29. The summed E-state index contributed by atoms with van der Waals surface area (Å²) in [5.74, 6) is 2.26. The topological polar surface area (TPSA) is 24.4 Å². The molecule has 1 saturated heterocycles. The Morgan fingerprint density at radius 1 is 1.25 bits per heavy atom. The lowest BCUT2D eigenvalue weighted by molar-refractivity contribution is 0.300. The first-order valence-corrected chi connectivity index (χ1v) is 7.80. The SMILES string of the molecule is C1CC(CCN=C2NC3(CCCC3)CS2)C1. The van der Waals surface area contributed by atoms with E-state index in [9.17, 15) is 0 Å². The van der Waals surface area contributed by atoms with Gasteiger partial charge in [-0.15, -0.1) is 0 Å². The van der Waals surface area contributed by atoms with E-state index in [2.05, 4.69) is 5.32 Å². The van der Waals surface area contributed by atoms with Crippen molar-refractivity contribution in [2.45, 2.75) is 56.9 Å². The molecule has 16 heavy (non-hydrogen) atoms.